The Bertz CT molecular complexity index is 2770. The number of nitrogens with zero attached hydrogens (tertiary/aromatic N) is 1. The van der Waals surface area contributed by atoms with E-state index in [2.05, 4.69) is 212 Å². The van der Waals surface area contributed by atoms with Crippen molar-refractivity contribution >= 4 is 38.9 Å². The lowest BCUT2D eigenvalue weighted by Gasteiger charge is -2.27. The van der Waals surface area contributed by atoms with Gasteiger partial charge in [-0.2, -0.15) is 0 Å². The number of nitrogens with one attached hydrogen (secondary N) is 1. The smallest absolute Gasteiger partial charge is 0.0565 e. The molecular formula is C51H38N2. The zero-order valence-electron chi connectivity index (χ0n) is 29.8. The molecule has 0 bridgehead atoms. The maximum absolute atomic E-state index is 3.82. The molecule has 10 rings (SSSR count). The average molecular weight is 679 g/mol. The van der Waals surface area contributed by atoms with Crippen molar-refractivity contribution in [2.75, 3.05) is 4.90 Å². The Kier molecular flexibility index (Phi) is 7.19. The Morgan fingerprint density at radius 2 is 0.962 bits per heavy atom. The summed E-state index contributed by atoms with van der Waals surface area (Å²) in [5, 5.41) is 2.41. The first-order valence-corrected chi connectivity index (χ1v) is 18.4. The Morgan fingerprint density at radius 1 is 0.415 bits per heavy atom. The summed E-state index contributed by atoms with van der Waals surface area (Å²) < 4.78 is 0. The van der Waals surface area contributed by atoms with Crippen molar-refractivity contribution in [3.63, 3.8) is 0 Å². The van der Waals surface area contributed by atoms with E-state index in [-0.39, 0.29) is 5.41 Å². The number of benzene rings is 8. The second kappa shape index (κ2) is 12.3. The molecule has 8 aromatic carbocycles. The summed E-state index contributed by atoms with van der Waals surface area (Å²) in [5.41, 5.74) is 18.3. The maximum atomic E-state index is 3.82. The minimum absolute atomic E-state index is 0.0405. The molecule has 53 heavy (non-hydrogen) atoms. The lowest BCUT2D eigenvalue weighted by atomic mass is 9.82. The molecule has 0 spiro atoms. The van der Waals surface area contributed by atoms with Gasteiger partial charge in [-0.1, -0.05) is 166 Å². The van der Waals surface area contributed by atoms with Crippen LogP contribution >= 0.6 is 0 Å². The highest BCUT2D eigenvalue weighted by molar-refractivity contribution is 6.18. The Morgan fingerprint density at radius 3 is 1.70 bits per heavy atom. The van der Waals surface area contributed by atoms with Crippen LogP contribution < -0.4 is 4.90 Å². The molecule has 1 aromatic heterocycles. The molecule has 1 heterocycles. The van der Waals surface area contributed by atoms with Crippen molar-refractivity contribution in [1.82, 2.24) is 4.98 Å². The van der Waals surface area contributed by atoms with Gasteiger partial charge in [-0.25, -0.2) is 0 Å². The van der Waals surface area contributed by atoms with Crippen LogP contribution in [-0.2, 0) is 5.41 Å². The van der Waals surface area contributed by atoms with Crippen LogP contribution in [0.3, 0.4) is 0 Å². The zero-order valence-corrected chi connectivity index (χ0v) is 29.8. The monoisotopic (exact) mass is 678 g/mol. The highest BCUT2D eigenvalue weighted by Crippen LogP contribution is 2.52. The first-order chi connectivity index (χ1) is 26.1. The van der Waals surface area contributed by atoms with Gasteiger partial charge in [-0.05, 0) is 86.5 Å². The fourth-order valence-corrected chi connectivity index (χ4v) is 8.63. The van der Waals surface area contributed by atoms with Gasteiger partial charge in [-0.3, -0.25) is 0 Å². The SMILES string of the molecule is CC1(C)c2ccccc2-c2c(-c3ccc(N(c4ccc(-c5ccccc5)cc4)c4ccc(-c5ccccc5)c5[nH]c6ccccc6c45)cc3)cccc21. The highest BCUT2D eigenvalue weighted by Gasteiger charge is 2.36. The summed E-state index contributed by atoms with van der Waals surface area (Å²) in [4.78, 5) is 6.24. The summed E-state index contributed by atoms with van der Waals surface area (Å²) in [5.74, 6) is 0. The molecule has 0 saturated heterocycles. The third kappa shape index (κ3) is 5.02. The quantitative estimate of drug-likeness (QED) is 0.185. The molecule has 9 aromatic rings. The molecule has 1 N–H and O–H groups in total. The number of hydrogen-bond donors (Lipinski definition) is 1. The lowest BCUT2D eigenvalue weighted by Crippen LogP contribution is -2.14. The van der Waals surface area contributed by atoms with Gasteiger partial charge in [0.2, 0.25) is 0 Å². The number of fused-ring (bicyclic) bond motifs is 6. The predicted octanol–water partition coefficient (Wildman–Crippen LogP) is 14.1. The number of para-hydroxylation sites is 1. The number of hydrogen-bond acceptors (Lipinski definition) is 1. The van der Waals surface area contributed by atoms with E-state index >= 15 is 0 Å². The maximum Gasteiger partial charge on any atom is 0.0565 e. The van der Waals surface area contributed by atoms with Crippen molar-refractivity contribution < 1.29 is 0 Å². The van der Waals surface area contributed by atoms with Crippen molar-refractivity contribution in [2.45, 2.75) is 19.3 Å². The number of rotatable bonds is 6. The van der Waals surface area contributed by atoms with Crippen molar-refractivity contribution in [3.8, 4) is 44.5 Å². The molecule has 0 radical (unpaired) electrons. The van der Waals surface area contributed by atoms with E-state index in [4.69, 9.17) is 0 Å². The zero-order chi connectivity index (χ0) is 35.5. The van der Waals surface area contributed by atoms with Crippen LogP contribution in [-0.4, -0.2) is 4.98 Å². The molecule has 0 fully saturated rings. The van der Waals surface area contributed by atoms with Crippen LogP contribution in [0, 0.1) is 0 Å². The van der Waals surface area contributed by atoms with Crippen LogP contribution in [0.1, 0.15) is 25.0 Å². The fourth-order valence-electron chi connectivity index (χ4n) is 8.63. The number of anilines is 3. The minimum atomic E-state index is -0.0405. The van der Waals surface area contributed by atoms with Gasteiger partial charge in [0, 0.05) is 38.6 Å². The topological polar surface area (TPSA) is 19.0 Å². The fraction of sp³-hybridized carbons (Fsp3) is 0.0588. The third-order valence-corrected chi connectivity index (χ3v) is 11.2. The standard InChI is InChI=1S/C51H38N2/c1-51(2)44-21-11-9-18-42(44)48-40(20-13-22-45(48)51)37-26-30-39(31-27-37)53(38-28-24-35(25-29-38)34-14-5-3-6-15-34)47-33-32-41(36-16-7-4-8-17-36)50-49(47)43-19-10-12-23-46(43)52-50/h3-33,52H,1-2H3. The van der Waals surface area contributed by atoms with E-state index in [9.17, 15) is 0 Å². The van der Waals surface area contributed by atoms with Crippen LogP contribution in [0.2, 0.25) is 0 Å². The molecule has 1 aliphatic carbocycles. The first-order valence-electron chi connectivity index (χ1n) is 18.4. The second-order valence-electron chi connectivity index (χ2n) is 14.6. The molecule has 2 heteroatoms. The van der Waals surface area contributed by atoms with Gasteiger partial charge in [0.15, 0.2) is 0 Å². The van der Waals surface area contributed by atoms with Gasteiger partial charge in [0.1, 0.15) is 0 Å². The predicted molar refractivity (Wildman–Crippen MR) is 224 cm³/mol. The summed E-state index contributed by atoms with van der Waals surface area (Å²) >= 11 is 0. The van der Waals surface area contributed by atoms with Gasteiger partial charge in [0.05, 0.1) is 11.2 Å². The molecular weight excluding hydrogens is 641 g/mol. The molecule has 0 atom stereocenters. The van der Waals surface area contributed by atoms with Crippen LogP contribution in [0.4, 0.5) is 17.1 Å². The van der Waals surface area contributed by atoms with E-state index in [0.717, 1.165) is 28.1 Å². The molecule has 2 nitrogen and oxygen atoms in total. The van der Waals surface area contributed by atoms with Crippen LogP contribution in [0.15, 0.2) is 188 Å². The summed E-state index contributed by atoms with van der Waals surface area (Å²) in [7, 11) is 0. The first kappa shape index (κ1) is 31.1. The number of H-pyrrole nitrogens is 1. The summed E-state index contributed by atoms with van der Waals surface area (Å²) in [6.07, 6.45) is 0. The number of aromatic nitrogens is 1. The molecule has 0 unspecified atom stereocenters. The lowest BCUT2D eigenvalue weighted by molar-refractivity contribution is 0.660. The summed E-state index contributed by atoms with van der Waals surface area (Å²) in [6.45, 7) is 4.69. The minimum Gasteiger partial charge on any atom is -0.354 e. The summed E-state index contributed by atoms with van der Waals surface area (Å²) in [6, 6.07) is 68.4. The second-order valence-corrected chi connectivity index (χ2v) is 14.6. The Hall–Kier alpha value is -6.64. The van der Waals surface area contributed by atoms with E-state index in [1.165, 1.54) is 66.4 Å². The van der Waals surface area contributed by atoms with E-state index < -0.39 is 0 Å². The van der Waals surface area contributed by atoms with Gasteiger partial charge in [0.25, 0.3) is 0 Å². The van der Waals surface area contributed by atoms with Crippen molar-refractivity contribution in [3.05, 3.63) is 199 Å². The largest absolute Gasteiger partial charge is 0.354 e. The van der Waals surface area contributed by atoms with Crippen LogP contribution in [0.5, 0.6) is 0 Å². The van der Waals surface area contributed by atoms with Crippen molar-refractivity contribution in [1.29, 1.82) is 0 Å². The average Bonchev–Trinajstić information content (AvgIpc) is 3.72. The Labute approximate surface area is 310 Å². The highest BCUT2D eigenvalue weighted by atomic mass is 15.1. The normalized spacial score (nSPS) is 12.9. The van der Waals surface area contributed by atoms with E-state index in [1.54, 1.807) is 0 Å². The molecule has 0 amide bonds. The number of aromatic amines is 1. The molecule has 1 aliphatic rings. The van der Waals surface area contributed by atoms with E-state index in [1.807, 2.05) is 0 Å². The molecule has 252 valence electrons. The van der Waals surface area contributed by atoms with Gasteiger partial charge >= 0.3 is 0 Å². The van der Waals surface area contributed by atoms with Crippen LogP contribution in [0.25, 0.3) is 66.3 Å². The van der Waals surface area contributed by atoms with Gasteiger partial charge in [-0.15, -0.1) is 0 Å². The third-order valence-electron chi connectivity index (χ3n) is 11.2. The van der Waals surface area contributed by atoms with Gasteiger partial charge < -0.3 is 9.88 Å². The van der Waals surface area contributed by atoms with Crippen molar-refractivity contribution in [2.24, 2.45) is 0 Å². The van der Waals surface area contributed by atoms with E-state index in [0.29, 0.717) is 0 Å². The molecule has 0 aliphatic heterocycles. The Balaban J connectivity index is 1.16. The molecule has 0 saturated carbocycles.